The van der Waals surface area contributed by atoms with Crippen LogP contribution in [0.5, 0.6) is 0 Å². The summed E-state index contributed by atoms with van der Waals surface area (Å²) in [6, 6.07) is -0.273. The van der Waals surface area contributed by atoms with Gasteiger partial charge in [0.05, 0.1) is 19.3 Å². The number of nitrogens with zero attached hydrogens (tertiary/aromatic N) is 1. The summed E-state index contributed by atoms with van der Waals surface area (Å²) in [5.74, 6) is -0.419. The first-order chi connectivity index (χ1) is 8.67. The van der Waals surface area contributed by atoms with Gasteiger partial charge in [0.25, 0.3) is 0 Å². The molecule has 1 N–H and O–H groups in total. The Labute approximate surface area is 107 Å². The van der Waals surface area contributed by atoms with E-state index in [1.807, 2.05) is 0 Å². The second-order valence-corrected chi connectivity index (χ2v) is 3.98. The third-order valence-electron chi connectivity index (χ3n) is 2.52. The normalized spacial score (nSPS) is 18.2. The second kappa shape index (κ2) is 7.71. The molecule has 0 aliphatic carbocycles. The van der Waals surface area contributed by atoms with E-state index in [0.29, 0.717) is 26.4 Å². The van der Waals surface area contributed by atoms with Crippen LogP contribution in [0.15, 0.2) is 12.7 Å². The van der Waals surface area contributed by atoms with Crippen LogP contribution in [0.25, 0.3) is 0 Å². The fourth-order valence-electron chi connectivity index (χ4n) is 1.65. The zero-order valence-corrected chi connectivity index (χ0v) is 10.7. The van der Waals surface area contributed by atoms with E-state index in [-0.39, 0.29) is 18.6 Å². The first-order valence-electron chi connectivity index (χ1n) is 6.07. The van der Waals surface area contributed by atoms with Crippen LogP contribution in [-0.4, -0.2) is 55.9 Å². The van der Waals surface area contributed by atoms with Crippen molar-refractivity contribution in [1.29, 1.82) is 0 Å². The van der Waals surface area contributed by atoms with Gasteiger partial charge >= 0.3 is 12.0 Å². The van der Waals surface area contributed by atoms with E-state index in [4.69, 9.17) is 9.47 Å². The van der Waals surface area contributed by atoms with E-state index in [1.165, 1.54) is 4.90 Å². The fourth-order valence-corrected chi connectivity index (χ4v) is 1.65. The Kier molecular flexibility index (Phi) is 6.21. The van der Waals surface area contributed by atoms with Crippen molar-refractivity contribution in [3.05, 3.63) is 12.7 Å². The molecule has 0 spiro atoms. The number of hydrogen-bond donors (Lipinski definition) is 1. The lowest BCUT2D eigenvalue weighted by molar-refractivity contribution is -0.143. The van der Waals surface area contributed by atoms with Crippen molar-refractivity contribution in [3.8, 4) is 0 Å². The van der Waals surface area contributed by atoms with Crippen molar-refractivity contribution < 1.29 is 19.1 Å². The number of carbonyl (C=O) groups excluding carboxylic acids is 2. The van der Waals surface area contributed by atoms with Gasteiger partial charge in [-0.2, -0.15) is 0 Å². The van der Waals surface area contributed by atoms with Gasteiger partial charge in [-0.05, 0) is 13.3 Å². The maximum Gasteiger partial charge on any atom is 0.325 e. The van der Waals surface area contributed by atoms with E-state index in [1.54, 1.807) is 13.0 Å². The quantitative estimate of drug-likeness (QED) is 0.556. The maximum absolute atomic E-state index is 11.9. The zero-order chi connectivity index (χ0) is 13.4. The molecule has 6 nitrogen and oxygen atoms in total. The standard InChI is InChI=1S/C12H20N2O4/c1-3-6-14(8-11(15)18-4-2)12(16)13-10-5-7-17-9-10/h3,10H,1,4-9H2,2H3,(H,13,16). The molecule has 0 aromatic rings. The summed E-state index contributed by atoms with van der Waals surface area (Å²) in [7, 11) is 0. The Hall–Kier alpha value is -1.56. The van der Waals surface area contributed by atoms with E-state index in [2.05, 4.69) is 11.9 Å². The van der Waals surface area contributed by atoms with Gasteiger partial charge in [0.1, 0.15) is 6.54 Å². The van der Waals surface area contributed by atoms with Crippen molar-refractivity contribution in [1.82, 2.24) is 10.2 Å². The number of ether oxygens (including phenoxy) is 2. The van der Waals surface area contributed by atoms with E-state index < -0.39 is 5.97 Å². The molecule has 18 heavy (non-hydrogen) atoms. The zero-order valence-electron chi connectivity index (χ0n) is 10.7. The predicted molar refractivity (Wildman–Crippen MR) is 66.2 cm³/mol. The van der Waals surface area contributed by atoms with Gasteiger partial charge in [-0.1, -0.05) is 6.08 Å². The lowest BCUT2D eigenvalue weighted by Gasteiger charge is -2.22. The van der Waals surface area contributed by atoms with Crippen molar-refractivity contribution in [2.24, 2.45) is 0 Å². The molecule has 1 unspecified atom stereocenters. The second-order valence-electron chi connectivity index (χ2n) is 3.98. The first-order valence-corrected chi connectivity index (χ1v) is 6.07. The lowest BCUT2D eigenvalue weighted by atomic mass is 10.3. The molecule has 1 saturated heterocycles. The van der Waals surface area contributed by atoms with Gasteiger partial charge in [-0.15, -0.1) is 6.58 Å². The summed E-state index contributed by atoms with van der Waals surface area (Å²) < 4.78 is 9.99. The number of esters is 1. The van der Waals surface area contributed by atoms with Gasteiger partial charge in [0.15, 0.2) is 0 Å². The summed E-state index contributed by atoms with van der Waals surface area (Å²) in [4.78, 5) is 24.7. The molecular weight excluding hydrogens is 236 g/mol. The Morgan fingerprint density at radius 1 is 1.61 bits per heavy atom. The molecule has 0 aromatic heterocycles. The van der Waals surface area contributed by atoms with Crippen molar-refractivity contribution in [2.45, 2.75) is 19.4 Å². The fraction of sp³-hybridized carbons (Fsp3) is 0.667. The topological polar surface area (TPSA) is 67.9 Å². The van der Waals surface area contributed by atoms with Crippen molar-refractivity contribution in [2.75, 3.05) is 32.9 Å². The van der Waals surface area contributed by atoms with Crippen LogP contribution in [0.1, 0.15) is 13.3 Å². The van der Waals surface area contributed by atoms with Gasteiger partial charge in [0, 0.05) is 13.2 Å². The highest BCUT2D eigenvalue weighted by Crippen LogP contribution is 2.04. The number of amides is 2. The smallest absolute Gasteiger partial charge is 0.325 e. The summed E-state index contributed by atoms with van der Waals surface area (Å²) in [5, 5.41) is 2.82. The molecule has 1 rings (SSSR count). The SMILES string of the molecule is C=CCN(CC(=O)OCC)C(=O)NC1CCOC1. The monoisotopic (exact) mass is 256 g/mol. The molecule has 6 heteroatoms. The third-order valence-corrected chi connectivity index (χ3v) is 2.52. The average Bonchev–Trinajstić information content (AvgIpc) is 2.81. The van der Waals surface area contributed by atoms with Gasteiger partial charge in [0.2, 0.25) is 0 Å². The minimum absolute atomic E-state index is 0.0204. The molecule has 1 fully saturated rings. The molecule has 102 valence electrons. The van der Waals surface area contributed by atoms with Crippen LogP contribution in [0.3, 0.4) is 0 Å². The number of urea groups is 1. The average molecular weight is 256 g/mol. The Bertz CT molecular complexity index is 300. The van der Waals surface area contributed by atoms with E-state index >= 15 is 0 Å². The molecule has 0 radical (unpaired) electrons. The molecule has 0 aromatic carbocycles. The van der Waals surface area contributed by atoms with Gasteiger partial charge in [-0.25, -0.2) is 4.79 Å². The lowest BCUT2D eigenvalue weighted by Crippen LogP contribution is -2.47. The molecule has 1 aliphatic rings. The van der Waals surface area contributed by atoms with Crippen LogP contribution in [0.2, 0.25) is 0 Å². The Morgan fingerprint density at radius 2 is 2.39 bits per heavy atom. The highest BCUT2D eigenvalue weighted by molar-refractivity contribution is 5.81. The van der Waals surface area contributed by atoms with Crippen molar-refractivity contribution in [3.63, 3.8) is 0 Å². The van der Waals surface area contributed by atoms with Crippen LogP contribution < -0.4 is 5.32 Å². The highest BCUT2D eigenvalue weighted by atomic mass is 16.5. The van der Waals surface area contributed by atoms with E-state index in [9.17, 15) is 9.59 Å². The molecule has 1 atom stereocenters. The summed E-state index contributed by atoms with van der Waals surface area (Å²) in [5.41, 5.74) is 0. The number of carbonyl (C=O) groups is 2. The Morgan fingerprint density at radius 3 is 2.94 bits per heavy atom. The summed E-state index contributed by atoms with van der Waals surface area (Å²) in [6.45, 7) is 7.01. The van der Waals surface area contributed by atoms with Crippen LogP contribution >= 0.6 is 0 Å². The largest absolute Gasteiger partial charge is 0.465 e. The number of nitrogens with one attached hydrogen (secondary N) is 1. The Balaban J connectivity index is 2.45. The third kappa shape index (κ3) is 4.75. The highest BCUT2D eigenvalue weighted by Gasteiger charge is 2.22. The number of rotatable bonds is 6. The minimum atomic E-state index is -0.419. The minimum Gasteiger partial charge on any atom is -0.465 e. The van der Waals surface area contributed by atoms with Crippen LogP contribution in [0.4, 0.5) is 4.79 Å². The summed E-state index contributed by atoms with van der Waals surface area (Å²) >= 11 is 0. The van der Waals surface area contributed by atoms with Crippen molar-refractivity contribution >= 4 is 12.0 Å². The molecule has 1 heterocycles. The molecule has 2 amide bonds. The first kappa shape index (κ1) is 14.5. The van der Waals surface area contributed by atoms with E-state index in [0.717, 1.165) is 6.42 Å². The molecular formula is C12H20N2O4. The number of hydrogen-bond acceptors (Lipinski definition) is 4. The maximum atomic E-state index is 11.9. The van der Waals surface area contributed by atoms with Gasteiger partial charge in [-0.3, -0.25) is 4.79 Å². The van der Waals surface area contributed by atoms with Gasteiger partial charge < -0.3 is 19.7 Å². The predicted octanol–water partition coefficient (Wildman–Crippen LogP) is 0.536. The van der Waals surface area contributed by atoms with Crippen LogP contribution in [-0.2, 0) is 14.3 Å². The molecule has 1 aliphatic heterocycles. The molecule has 0 saturated carbocycles. The summed E-state index contributed by atoms with van der Waals surface area (Å²) in [6.07, 6.45) is 2.37. The molecule has 0 bridgehead atoms. The van der Waals surface area contributed by atoms with Crippen LogP contribution in [0, 0.1) is 0 Å².